The van der Waals surface area contributed by atoms with Crippen LogP contribution in [0.15, 0.2) is 70.0 Å². The van der Waals surface area contributed by atoms with Crippen LogP contribution >= 0.6 is 11.3 Å². The summed E-state index contributed by atoms with van der Waals surface area (Å²) in [5, 5.41) is 5.93. The van der Waals surface area contributed by atoms with Crippen molar-refractivity contribution in [1.29, 1.82) is 0 Å². The van der Waals surface area contributed by atoms with Crippen LogP contribution in [-0.4, -0.2) is 27.1 Å². The van der Waals surface area contributed by atoms with Gasteiger partial charge in [0, 0.05) is 4.88 Å². The number of hydrazone groups is 1. The summed E-state index contributed by atoms with van der Waals surface area (Å²) in [5.74, 6) is -0.219. The normalized spacial score (nSPS) is 11.8. The highest BCUT2D eigenvalue weighted by Crippen LogP contribution is 2.26. The van der Waals surface area contributed by atoms with Crippen molar-refractivity contribution in [3.8, 4) is 0 Å². The quantitative estimate of drug-likeness (QED) is 0.379. The molecular weight excluding hydrogens is 442 g/mol. The molecule has 6 nitrogen and oxygen atoms in total. The van der Waals surface area contributed by atoms with E-state index in [1.165, 1.54) is 11.3 Å². The first kappa shape index (κ1) is 23.7. The largest absolute Gasteiger partial charge is 0.271 e. The first-order chi connectivity index (χ1) is 15.2. The van der Waals surface area contributed by atoms with Gasteiger partial charge in [0.05, 0.1) is 16.8 Å². The van der Waals surface area contributed by atoms with Gasteiger partial charge in [-0.1, -0.05) is 43.7 Å². The fraction of sp³-hybridized carbons (Fsp3) is 0.250. The summed E-state index contributed by atoms with van der Waals surface area (Å²) in [4.78, 5) is 13.7. The molecule has 0 unspecified atom stereocenters. The molecule has 32 heavy (non-hydrogen) atoms. The number of thiophene rings is 1. The van der Waals surface area contributed by atoms with Gasteiger partial charge in [-0.25, -0.2) is 13.8 Å². The Morgan fingerprint density at radius 1 is 1.06 bits per heavy atom. The van der Waals surface area contributed by atoms with Crippen LogP contribution in [-0.2, 0) is 14.8 Å². The van der Waals surface area contributed by atoms with Gasteiger partial charge < -0.3 is 0 Å². The Morgan fingerprint density at radius 2 is 1.72 bits per heavy atom. The molecular formula is C24H27N3O3S2. The van der Waals surface area contributed by atoms with E-state index in [2.05, 4.69) is 24.4 Å². The van der Waals surface area contributed by atoms with Gasteiger partial charge >= 0.3 is 0 Å². The molecule has 1 heterocycles. The average molecular weight is 470 g/mol. The molecule has 1 aromatic heterocycles. The molecule has 0 aliphatic rings. The van der Waals surface area contributed by atoms with E-state index in [1.807, 2.05) is 37.4 Å². The number of hydrogen-bond donors (Lipinski definition) is 1. The maximum absolute atomic E-state index is 13.4. The molecule has 3 rings (SSSR count). The van der Waals surface area contributed by atoms with Gasteiger partial charge in [0.15, 0.2) is 0 Å². The zero-order valence-electron chi connectivity index (χ0n) is 18.6. The second-order valence-corrected chi connectivity index (χ2v) is 10.6. The summed E-state index contributed by atoms with van der Waals surface area (Å²) in [6.07, 6.45) is 1.56. The lowest BCUT2D eigenvalue weighted by Crippen LogP contribution is -2.39. The molecule has 1 N–H and O–H groups in total. The van der Waals surface area contributed by atoms with E-state index in [0.717, 1.165) is 25.9 Å². The van der Waals surface area contributed by atoms with E-state index in [4.69, 9.17) is 0 Å². The van der Waals surface area contributed by atoms with E-state index in [1.54, 1.807) is 42.6 Å². The Hall–Kier alpha value is -2.97. The van der Waals surface area contributed by atoms with E-state index >= 15 is 0 Å². The van der Waals surface area contributed by atoms with Gasteiger partial charge in [-0.3, -0.25) is 9.10 Å². The summed E-state index contributed by atoms with van der Waals surface area (Å²) in [7, 11) is -3.95. The van der Waals surface area contributed by atoms with Crippen LogP contribution in [0.2, 0.25) is 0 Å². The zero-order chi connectivity index (χ0) is 23.3. The van der Waals surface area contributed by atoms with Gasteiger partial charge in [-0.05, 0) is 66.6 Å². The average Bonchev–Trinajstić information content (AvgIpc) is 3.17. The van der Waals surface area contributed by atoms with Crippen molar-refractivity contribution < 1.29 is 13.2 Å². The second kappa shape index (κ2) is 10.1. The molecule has 0 spiro atoms. The van der Waals surface area contributed by atoms with Crippen molar-refractivity contribution in [2.75, 3.05) is 10.8 Å². The minimum absolute atomic E-state index is 0.126. The van der Waals surface area contributed by atoms with Crippen LogP contribution in [0, 0.1) is 13.8 Å². The van der Waals surface area contributed by atoms with Gasteiger partial charge in [0.1, 0.15) is 6.54 Å². The van der Waals surface area contributed by atoms with Gasteiger partial charge in [0.25, 0.3) is 15.9 Å². The first-order valence-electron chi connectivity index (χ1n) is 10.2. The molecule has 2 aromatic carbocycles. The van der Waals surface area contributed by atoms with E-state index in [0.29, 0.717) is 11.6 Å². The molecule has 0 saturated carbocycles. The molecule has 0 fully saturated rings. The second-order valence-electron chi connectivity index (χ2n) is 7.83. The maximum atomic E-state index is 13.4. The van der Waals surface area contributed by atoms with Gasteiger partial charge in [0.2, 0.25) is 0 Å². The maximum Gasteiger partial charge on any atom is 0.264 e. The number of carbonyl (C=O) groups excluding carboxylic acids is 1. The minimum atomic E-state index is -3.95. The number of rotatable bonds is 8. The Balaban J connectivity index is 1.87. The van der Waals surface area contributed by atoms with Gasteiger partial charge in [-0.2, -0.15) is 5.10 Å². The lowest BCUT2D eigenvalue weighted by atomic mass is 10.0. The molecule has 1 amide bonds. The number of nitrogens with one attached hydrogen (secondary N) is 1. The minimum Gasteiger partial charge on any atom is -0.271 e. The predicted octanol–water partition coefficient (Wildman–Crippen LogP) is 4.83. The number of aryl methyl sites for hydroxylation is 2. The summed E-state index contributed by atoms with van der Waals surface area (Å²) in [6, 6.07) is 15.8. The van der Waals surface area contributed by atoms with Crippen LogP contribution in [0.5, 0.6) is 0 Å². The van der Waals surface area contributed by atoms with E-state index in [9.17, 15) is 13.2 Å². The fourth-order valence-electron chi connectivity index (χ4n) is 3.02. The smallest absolute Gasteiger partial charge is 0.264 e. The van der Waals surface area contributed by atoms with Crippen molar-refractivity contribution in [2.45, 2.75) is 38.5 Å². The standard InChI is InChI=1S/C24H27N3O3S2/c1-17(2)20-7-9-21(10-8-20)27(32(29,30)22-11-5-18(3)6-12-22)16-24(28)26-25-15-23-19(4)13-14-31-23/h5-15,17H,16H2,1-4H3,(H,26,28)/b25-15-. The Kier molecular flexibility index (Phi) is 7.48. The Morgan fingerprint density at radius 3 is 2.28 bits per heavy atom. The molecule has 0 radical (unpaired) electrons. The highest BCUT2D eigenvalue weighted by molar-refractivity contribution is 7.92. The third-order valence-corrected chi connectivity index (χ3v) is 7.76. The SMILES string of the molecule is Cc1ccc(S(=O)(=O)N(CC(=O)N/N=C\c2sccc2C)c2ccc(C(C)C)cc2)cc1. The van der Waals surface area contributed by atoms with Crippen molar-refractivity contribution >= 4 is 39.2 Å². The summed E-state index contributed by atoms with van der Waals surface area (Å²) in [5.41, 5.74) is 5.96. The van der Waals surface area contributed by atoms with E-state index in [-0.39, 0.29) is 4.90 Å². The predicted molar refractivity (Wildman–Crippen MR) is 131 cm³/mol. The molecule has 0 aliphatic carbocycles. The van der Waals surface area contributed by atoms with Crippen molar-refractivity contribution in [1.82, 2.24) is 5.43 Å². The van der Waals surface area contributed by atoms with Crippen LogP contribution in [0.3, 0.4) is 0 Å². The van der Waals surface area contributed by atoms with Crippen LogP contribution < -0.4 is 9.73 Å². The summed E-state index contributed by atoms with van der Waals surface area (Å²) < 4.78 is 27.9. The van der Waals surface area contributed by atoms with Crippen molar-refractivity contribution in [3.63, 3.8) is 0 Å². The van der Waals surface area contributed by atoms with Crippen molar-refractivity contribution in [2.24, 2.45) is 5.10 Å². The molecule has 0 atom stereocenters. The molecule has 3 aromatic rings. The summed E-state index contributed by atoms with van der Waals surface area (Å²) >= 11 is 1.51. The Labute approximate surface area is 193 Å². The number of benzene rings is 2. The van der Waals surface area contributed by atoms with Crippen LogP contribution in [0.25, 0.3) is 0 Å². The fourth-order valence-corrected chi connectivity index (χ4v) is 5.23. The van der Waals surface area contributed by atoms with Crippen LogP contribution in [0.1, 0.15) is 41.3 Å². The highest BCUT2D eigenvalue weighted by atomic mass is 32.2. The number of amides is 1. The highest BCUT2D eigenvalue weighted by Gasteiger charge is 2.27. The molecule has 0 saturated heterocycles. The zero-order valence-corrected chi connectivity index (χ0v) is 20.2. The molecule has 0 aliphatic heterocycles. The monoisotopic (exact) mass is 469 g/mol. The number of hydrogen-bond acceptors (Lipinski definition) is 5. The topological polar surface area (TPSA) is 78.8 Å². The van der Waals surface area contributed by atoms with Crippen molar-refractivity contribution in [3.05, 3.63) is 81.5 Å². The number of sulfonamides is 1. The van der Waals surface area contributed by atoms with Crippen LogP contribution in [0.4, 0.5) is 5.69 Å². The lowest BCUT2D eigenvalue weighted by Gasteiger charge is -2.24. The number of anilines is 1. The van der Waals surface area contributed by atoms with E-state index < -0.39 is 22.5 Å². The number of carbonyl (C=O) groups is 1. The lowest BCUT2D eigenvalue weighted by molar-refractivity contribution is -0.119. The summed E-state index contributed by atoms with van der Waals surface area (Å²) in [6.45, 7) is 7.58. The third kappa shape index (κ3) is 5.63. The molecule has 8 heteroatoms. The molecule has 168 valence electrons. The third-order valence-electron chi connectivity index (χ3n) is 5.02. The van der Waals surface area contributed by atoms with Gasteiger partial charge in [-0.15, -0.1) is 11.3 Å². The molecule has 0 bridgehead atoms. The number of nitrogens with zero attached hydrogens (tertiary/aromatic N) is 2. The first-order valence-corrected chi connectivity index (χ1v) is 12.6. The Bertz CT molecular complexity index is 1200.